The lowest BCUT2D eigenvalue weighted by atomic mass is 9.83. The first-order chi connectivity index (χ1) is 12.8. The predicted octanol–water partition coefficient (Wildman–Crippen LogP) is 5.41. The Morgan fingerprint density at radius 3 is 2.44 bits per heavy atom. The van der Waals surface area contributed by atoms with E-state index in [0.717, 1.165) is 39.2 Å². The zero-order chi connectivity index (χ0) is 19.6. The smallest absolute Gasteiger partial charge is 0.343 e. The first-order valence-electron chi connectivity index (χ1n) is 8.55. The highest BCUT2D eigenvalue weighted by atomic mass is 127. The average molecular weight is 612 g/mol. The Morgan fingerprint density at radius 2 is 1.78 bits per heavy atom. The highest BCUT2D eigenvalue weighted by Crippen LogP contribution is 2.36. The van der Waals surface area contributed by atoms with Crippen LogP contribution in [0.5, 0.6) is 5.75 Å². The number of ether oxygens (including phenoxy) is 1. The first kappa shape index (κ1) is 21.0. The van der Waals surface area contributed by atoms with Gasteiger partial charge in [0.1, 0.15) is 5.75 Å². The molecule has 0 unspecified atom stereocenters. The number of hydrogen-bond donors (Lipinski definition) is 1. The molecule has 0 heterocycles. The van der Waals surface area contributed by atoms with Gasteiger partial charge in [0.05, 0.1) is 14.0 Å². The molecule has 1 saturated carbocycles. The highest BCUT2D eigenvalue weighted by Gasteiger charge is 2.25. The minimum atomic E-state index is -4.35. The van der Waals surface area contributed by atoms with Gasteiger partial charge in [0.15, 0.2) is 0 Å². The molecule has 5 nitrogen and oxygen atoms in total. The van der Waals surface area contributed by atoms with Crippen LogP contribution in [0.25, 0.3) is 0 Å². The number of rotatable bonds is 4. The van der Waals surface area contributed by atoms with E-state index >= 15 is 0 Å². The van der Waals surface area contributed by atoms with Crippen LogP contribution in [0.15, 0.2) is 41.3 Å². The Bertz CT molecular complexity index is 966. The SMILES string of the molecule is O=C(Oc1cccc(I)c1I)c1ccc(S(=O)(=O)O)c(C2CCCCC2)c1. The van der Waals surface area contributed by atoms with Gasteiger partial charge in [0.2, 0.25) is 0 Å². The van der Waals surface area contributed by atoms with Crippen LogP contribution in [0.1, 0.15) is 53.9 Å². The van der Waals surface area contributed by atoms with E-state index in [4.69, 9.17) is 4.74 Å². The molecule has 0 aromatic heterocycles. The van der Waals surface area contributed by atoms with Crippen molar-refractivity contribution < 1.29 is 22.5 Å². The third kappa shape index (κ3) is 5.01. The van der Waals surface area contributed by atoms with E-state index in [1.165, 1.54) is 12.1 Å². The molecule has 27 heavy (non-hydrogen) atoms. The second-order valence-electron chi connectivity index (χ2n) is 6.50. The molecule has 2 aromatic rings. The number of hydrogen-bond acceptors (Lipinski definition) is 4. The number of carbonyl (C=O) groups is 1. The fourth-order valence-electron chi connectivity index (χ4n) is 3.36. The van der Waals surface area contributed by atoms with E-state index < -0.39 is 16.1 Å². The van der Waals surface area contributed by atoms with Gasteiger partial charge in [-0.1, -0.05) is 25.3 Å². The van der Waals surface area contributed by atoms with Gasteiger partial charge in [-0.3, -0.25) is 4.55 Å². The molecule has 1 N–H and O–H groups in total. The molecule has 8 heteroatoms. The number of carbonyl (C=O) groups excluding carboxylic acids is 1. The van der Waals surface area contributed by atoms with Gasteiger partial charge in [-0.15, -0.1) is 0 Å². The molecule has 0 saturated heterocycles. The summed E-state index contributed by atoms with van der Waals surface area (Å²) in [5.74, 6) is -0.0688. The van der Waals surface area contributed by atoms with E-state index in [1.54, 1.807) is 18.2 Å². The Labute approximate surface area is 185 Å². The molecular formula is C19H18I2O5S. The fourth-order valence-corrected chi connectivity index (χ4v) is 5.07. The molecule has 1 fully saturated rings. The minimum Gasteiger partial charge on any atom is -0.422 e. The van der Waals surface area contributed by atoms with Crippen molar-refractivity contribution >= 4 is 61.3 Å². The van der Waals surface area contributed by atoms with Gasteiger partial charge in [-0.25, -0.2) is 4.79 Å². The lowest BCUT2D eigenvalue weighted by Gasteiger charge is -2.24. The molecule has 0 bridgehead atoms. The van der Waals surface area contributed by atoms with Crippen LogP contribution in [0, 0.1) is 7.14 Å². The summed E-state index contributed by atoms with van der Waals surface area (Å²) in [6.07, 6.45) is 4.81. The molecule has 2 aromatic carbocycles. The van der Waals surface area contributed by atoms with Crippen molar-refractivity contribution in [1.29, 1.82) is 0 Å². The molecule has 144 valence electrons. The number of halogens is 2. The highest BCUT2D eigenvalue weighted by molar-refractivity contribution is 14.1. The largest absolute Gasteiger partial charge is 0.422 e. The van der Waals surface area contributed by atoms with Crippen molar-refractivity contribution in [2.75, 3.05) is 0 Å². The van der Waals surface area contributed by atoms with Crippen molar-refractivity contribution in [3.8, 4) is 5.75 Å². The summed E-state index contributed by atoms with van der Waals surface area (Å²) in [6, 6.07) is 9.69. The van der Waals surface area contributed by atoms with E-state index in [1.807, 2.05) is 6.07 Å². The van der Waals surface area contributed by atoms with Crippen LogP contribution in [0.4, 0.5) is 0 Å². The maximum atomic E-state index is 12.6. The molecule has 1 aliphatic rings. The third-order valence-corrected chi connectivity index (χ3v) is 8.66. The van der Waals surface area contributed by atoms with Crippen LogP contribution in [-0.2, 0) is 10.1 Å². The molecule has 0 atom stereocenters. The van der Waals surface area contributed by atoms with Gasteiger partial charge >= 0.3 is 5.97 Å². The summed E-state index contributed by atoms with van der Waals surface area (Å²) in [4.78, 5) is 12.5. The Hall–Kier alpha value is -0.720. The van der Waals surface area contributed by atoms with Gasteiger partial charge in [-0.05, 0) is 99.8 Å². The van der Waals surface area contributed by atoms with E-state index in [2.05, 4.69) is 45.2 Å². The van der Waals surface area contributed by atoms with Gasteiger partial charge in [0, 0.05) is 3.57 Å². The maximum absolute atomic E-state index is 12.6. The van der Waals surface area contributed by atoms with Gasteiger partial charge < -0.3 is 4.74 Å². The van der Waals surface area contributed by atoms with Crippen molar-refractivity contribution in [3.63, 3.8) is 0 Å². The molecule has 3 rings (SSSR count). The summed E-state index contributed by atoms with van der Waals surface area (Å²) in [5, 5.41) is 0. The summed E-state index contributed by atoms with van der Waals surface area (Å²) in [5.41, 5.74) is 0.779. The number of benzene rings is 2. The Morgan fingerprint density at radius 1 is 1.07 bits per heavy atom. The molecule has 0 spiro atoms. The number of esters is 1. The summed E-state index contributed by atoms with van der Waals surface area (Å²) >= 11 is 4.28. The Kier molecular flexibility index (Phi) is 6.80. The standard InChI is InChI=1S/C19H18I2O5S/c20-15-7-4-8-16(18(15)21)26-19(22)13-9-10-17(27(23,24)25)14(11-13)12-5-2-1-3-6-12/h4,7-12H,1-3,5-6H2,(H,23,24,25). The second-order valence-corrected chi connectivity index (χ2v) is 10.1. The maximum Gasteiger partial charge on any atom is 0.343 e. The minimum absolute atomic E-state index is 0.0150. The molecule has 1 aliphatic carbocycles. The normalized spacial score (nSPS) is 15.5. The summed E-state index contributed by atoms with van der Waals surface area (Å²) in [6.45, 7) is 0. The molecule has 0 radical (unpaired) electrons. The van der Waals surface area contributed by atoms with Crippen LogP contribution in [0.3, 0.4) is 0 Å². The zero-order valence-corrected chi connectivity index (χ0v) is 19.5. The monoisotopic (exact) mass is 612 g/mol. The van der Waals surface area contributed by atoms with Crippen molar-refractivity contribution in [2.45, 2.75) is 42.9 Å². The molecular weight excluding hydrogens is 594 g/mol. The zero-order valence-electron chi connectivity index (χ0n) is 14.3. The van der Waals surface area contributed by atoms with E-state index in [9.17, 15) is 17.8 Å². The average Bonchev–Trinajstić information content (AvgIpc) is 2.65. The Balaban J connectivity index is 1.96. The summed E-state index contributed by atoms with van der Waals surface area (Å²) in [7, 11) is -4.35. The van der Waals surface area contributed by atoms with Gasteiger partial charge in [0.25, 0.3) is 10.1 Å². The van der Waals surface area contributed by atoms with Crippen LogP contribution in [-0.4, -0.2) is 18.9 Å². The lowest BCUT2D eigenvalue weighted by molar-refractivity contribution is 0.0733. The van der Waals surface area contributed by atoms with E-state index in [-0.39, 0.29) is 16.4 Å². The topological polar surface area (TPSA) is 80.7 Å². The molecule has 0 amide bonds. The first-order valence-corrected chi connectivity index (χ1v) is 12.1. The van der Waals surface area contributed by atoms with Gasteiger partial charge in [-0.2, -0.15) is 8.42 Å². The van der Waals surface area contributed by atoms with Crippen molar-refractivity contribution in [1.82, 2.24) is 0 Å². The third-order valence-electron chi connectivity index (χ3n) is 4.69. The van der Waals surface area contributed by atoms with Crippen LogP contribution < -0.4 is 4.74 Å². The quantitative estimate of drug-likeness (QED) is 0.216. The summed E-state index contributed by atoms with van der Waals surface area (Å²) < 4.78 is 40.5. The second kappa shape index (κ2) is 8.75. The predicted molar refractivity (Wildman–Crippen MR) is 119 cm³/mol. The lowest BCUT2D eigenvalue weighted by Crippen LogP contribution is -2.14. The van der Waals surface area contributed by atoms with Crippen molar-refractivity contribution in [3.05, 3.63) is 54.7 Å². The van der Waals surface area contributed by atoms with E-state index in [0.29, 0.717) is 11.3 Å². The molecule has 0 aliphatic heterocycles. The van der Waals surface area contributed by atoms with Crippen LogP contribution in [0.2, 0.25) is 0 Å². The van der Waals surface area contributed by atoms with Crippen molar-refractivity contribution in [2.24, 2.45) is 0 Å². The fraction of sp³-hybridized carbons (Fsp3) is 0.316. The van der Waals surface area contributed by atoms with Crippen LogP contribution >= 0.6 is 45.2 Å².